The first kappa shape index (κ1) is 23.4. The molecule has 0 spiro atoms. The van der Waals surface area contributed by atoms with Crippen LogP contribution in [0.5, 0.6) is 17.2 Å². The van der Waals surface area contributed by atoms with Gasteiger partial charge in [-0.05, 0) is 63.0 Å². The molecule has 0 bridgehead atoms. The van der Waals surface area contributed by atoms with Crippen LogP contribution in [0.1, 0.15) is 23.6 Å². The van der Waals surface area contributed by atoms with Gasteiger partial charge in [-0.1, -0.05) is 24.8 Å². The fraction of sp³-hybridized carbons (Fsp3) is 0.308. The third-order valence-corrected chi connectivity index (χ3v) is 5.75. The molecule has 178 valence electrons. The van der Waals surface area contributed by atoms with Gasteiger partial charge in [0.15, 0.2) is 11.5 Å². The van der Waals surface area contributed by atoms with E-state index >= 15 is 0 Å². The maximum atomic E-state index is 13.1. The predicted molar refractivity (Wildman–Crippen MR) is 127 cm³/mol. The molecule has 0 saturated carbocycles. The van der Waals surface area contributed by atoms with Gasteiger partial charge in [0.05, 0.1) is 11.6 Å². The summed E-state index contributed by atoms with van der Waals surface area (Å²) < 4.78 is 16.3. The first-order valence-corrected chi connectivity index (χ1v) is 11.1. The Kier molecular flexibility index (Phi) is 6.88. The van der Waals surface area contributed by atoms with Gasteiger partial charge in [0.2, 0.25) is 6.79 Å². The zero-order valence-electron chi connectivity index (χ0n) is 19.3. The molecule has 0 aromatic heterocycles. The Morgan fingerprint density at radius 3 is 2.62 bits per heavy atom. The standard InChI is InChI=1S/C26H28N2O6/c1-4-14-32-19-9-6-17(7-10-19)23-22(25(30)26(31)28(23)13-5-12-27(2)3)24(29)18-8-11-20-21(15-18)34-16-33-20/h4,6-11,15,23,29H,1,5,12-14,16H2,2-3H3. The first-order chi connectivity index (χ1) is 16.4. The monoisotopic (exact) mass is 464 g/mol. The molecule has 1 atom stereocenters. The Morgan fingerprint density at radius 2 is 1.91 bits per heavy atom. The summed E-state index contributed by atoms with van der Waals surface area (Å²) in [6.07, 6.45) is 2.33. The van der Waals surface area contributed by atoms with Gasteiger partial charge < -0.3 is 29.1 Å². The summed E-state index contributed by atoms with van der Waals surface area (Å²) in [5, 5.41) is 11.2. The van der Waals surface area contributed by atoms with Crippen LogP contribution >= 0.6 is 0 Å². The van der Waals surface area contributed by atoms with E-state index in [1.807, 2.05) is 19.0 Å². The van der Waals surface area contributed by atoms with Gasteiger partial charge >= 0.3 is 0 Å². The van der Waals surface area contributed by atoms with E-state index in [1.54, 1.807) is 48.5 Å². The number of rotatable bonds is 9. The quantitative estimate of drug-likeness (QED) is 0.264. The third kappa shape index (κ3) is 4.63. The lowest BCUT2D eigenvalue weighted by atomic mass is 9.95. The van der Waals surface area contributed by atoms with Crippen molar-refractivity contribution in [2.75, 3.05) is 40.6 Å². The molecule has 8 nitrogen and oxygen atoms in total. The second kappa shape index (κ2) is 10.0. The molecule has 1 saturated heterocycles. The molecule has 4 rings (SSSR count). The predicted octanol–water partition coefficient (Wildman–Crippen LogP) is 3.35. The van der Waals surface area contributed by atoms with E-state index in [-0.39, 0.29) is 18.1 Å². The van der Waals surface area contributed by atoms with Crippen molar-refractivity contribution < 1.29 is 28.9 Å². The Bertz CT molecular complexity index is 1120. The number of benzene rings is 2. The molecular formula is C26H28N2O6. The second-order valence-electron chi connectivity index (χ2n) is 8.39. The Morgan fingerprint density at radius 1 is 1.18 bits per heavy atom. The van der Waals surface area contributed by atoms with Crippen LogP contribution in [0.25, 0.3) is 5.76 Å². The topological polar surface area (TPSA) is 88.5 Å². The lowest BCUT2D eigenvalue weighted by Crippen LogP contribution is -2.32. The maximum absolute atomic E-state index is 13.1. The highest BCUT2D eigenvalue weighted by Crippen LogP contribution is 2.41. The zero-order chi connectivity index (χ0) is 24.2. The van der Waals surface area contributed by atoms with Crippen LogP contribution in [0.3, 0.4) is 0 Å². The fourth-order valence-corrected chi connectivity index (χ4v) is 4.12. The van der Waals surface area contributed by atoms with Crippen molar-refractivity contribution in [3.63, 3.8) is 0 Å². The van der Waals surface area contributed by atoms with E-state index in [1.165, 1.54) is 4.90 Å². The molecule has 1 amide bonds. The average Bonchev–Trinajstić information content (AvgIpc) is 3.40. The number of likely N-dealkylation sites (tertiary alicyclic amines) is 1. The van der Waals surface area contributed by atoms with Crippen LogP contribution < -0.4 is 14.2 Å². The number of aliphatic hydroxyl groups is 1. The van der Waals surface area contributed by atoms with Gasteiger partial charge in [0, 0.05) is 12.1 Å². The number of amides is 1. The van der Waals surface area contributed by atoms with Crippen LogP contribution in [0.15, 0.2) is 60.7 Å². The minimum Gasteiger partial charge on any atom is -0.507 e. The summed E-state index contributed by atoms with van der Waals surface area (Å²) in [5.41, 5.74) is 1.14. The van der Waals surface area contributed by atoms with E-state index in [9.17, 15) is 14.7 Å². The number of hydrogen-bond donors (Lipinski definition) is 1. The summed E-state index contributed by atoms with van der Waals surface area (Å²) in [5.74, 6) is 0.0969. The van der Waals surface area contributed by atoms with Crippen molar-refractivity contribution in [3.05, 3.63) is 71.8 Å². The summed E-state index contributed by atoms with van der Waals surface area (Å²) in [4.78, 5) is 29.7. The second-order valence-corrected chi connectivity index (χ2v) is 8.39. The van der Waals surface area contributed by atoms with E-state index < -0.39 is 17.7 Å². The van der Waals surface area contributed by atoms with Crippen molar-refractivity contribution >= 4 is 17.4 Å². The number of nitrogens with zero attached hydrogens (tertiary/aromatic N) is 2. The summed E-state index contributed by atoms with van der Waals surface area (Å²) in [7, 11) is 3.90. The SMILES string of the molecule is C=CCOc1ccc(C2C(=C(O)c3ccc4c(c3)OCO4)C(=O)C(=O)N2CCCN(C)C)cc1. The molecule has 2 aliphatic heterocycles. The highest BCUT2D eigenvalue weighted by atomic mass is 16.7. The fourth-order valence-electron chi connectivity index (χ4n) is 4.12. The number of fused-ring (bicyclic) bond motifs is 1. The van der Waals surface area contributed by atoms with E-state index in [0.717, 1.165) is 6.54 Å². The van der Waals surface area contributed by atoms with Crippen LogP contribution in [0, 0.1) is 0 Å². The Labute approximate surface area is 198 Å². The van der Waals surface area contributed by atoms with Crippen molar-refractivity contribution in [1.82, 2.24) is 9.80 Å². The van der Waals surface area contributed by atoms with Crippen LogP contribution in [-0.4, -0.2) is 67.2 Å². The summed E-state index contributed by atoms with van der Waals surface area (Å²) in [6, 6.07) is 11.4. The van der Waals surface area contributed by atoms with Crippen molar-refractivity contribution in [3.8, 4) is 17.2 Å². The van der Waals surface area contributed by atoms with Crippen molar-refractivity contribution in [2.45, 2.75) is 12.5 Å². The molecule has 0 aliphatic carbocycles. The summed E-state index contributed by atoms with van der Waals surface area (Å²) in [6.45, 7) is 5.23. The van der Waals surface area contributed by atoms with Gasteiger partial charge in [-0.2, -0.15) is 0 Å². The molecule has 1 unspecified atom stereocenters. The number of Topliss-reactive ketones (excluding diaryl/α,β-unsaturated/α-hetero) is 1. The van der Waals surface area contributed by atoms with Crippen LogP contribution in [0.4, 0.5) is 0 Å². The molecular weight excluding hydrogens is 436 g/mol. The first-order valence-electron chi connectivity index (χ1n) is 11.1. The number of ketones is 1. The van der Waals surface area contributed by atoms with Gasteiger partial charge in [-0.25, -0.2) is 0 Å². The Balaban J connectivity index is 1.74. The van der Waals surface area contributed by atoms with Crippen molar-refractivity contribution in [2.24, 2.45) is 0 Å². The van der Waals surface area contributed by atoms with E-state index in [4.69, 9.17) is 14.2 Å². The minimum atomic E-state index is -0.721. The minimum absolute atomic E-state index is 0.0495. The number of ether oxygens (including phenoxy) is 3. The maximum Gasteiger partial charge on any atom is 0.295 e. The number of carbonyl (C=O) groups excluding carboxylic acids is 2. The smallest absolute Gasteiger partial charge is 0.295 e. The van der Waals surface area contributed by atoms with Gasteiger partial charge in [0.1, 0.15) is 18.1 Å². The number of hydrogen-bond acceptors (Lipinski definition) is 7. The van der Waals surface area contributed by atoms with E-state index in [0.29, 0.717) is 47.9 Å². The normalized spacial score (nSPS) is 18.6. The van der Waals surface area contributed by atoms with Gasteiger partial charge in [-0.15, -0.1) is 0 Å². The molecule has 34 heavy (non-hydrogen) atoms. The van der Waals surface area contributed by atoms with Gasteiger partial charge in [0.25, 0.3) is 11.7 Å². The Hall–Kier alpha value is -3.78. The largest absolute Gasteiger partial charge is 0.507 e. The number of carbonyl (C=O) groups is 2. The molecule has 2 aromatic carbocycles. The summed E-state index contributed by atoms with van der Waals surface area (Å²) >= 11 is 0. The average molecular weight is 465 g/mol. The molecule has 0 radical (unpaired) electrons. The molecule has 2 heterocycles. The zero-order valence-corrected chi connectivity index (χ0v) is 19.3. The lowest BCUT2D eigenvalue weighted by molar-refractivity contribution is -0.139. The highest BCUT2D eigenvalue weighted by Gasteiger charge is 2.45. The van der Waals surface area contributed by atoms with Crippen LogP contribution in [0.2, 0.25) is 0 Å². The van der Waals surface area contributed by atoms with Crippen molar-refractivity contribution in [1.29, 1.82) is 0 Å². The number of aliphatic hydroxyl groups excluding tert-OH is 1. The molecule has 1 N–H and O–H groups in total. The van der Waals surface area contributed by atoms with Gasteiger partial charge in [-0.3, -0.25) is 9.59 Å². The third-order valence-electron chi connectivity index (χ3n) is 5.75. The lowest BCUT2D eigenvalue weighted by Gasteiger charge is -2.26. The highest BCUT2D eigenvalue weighted by molar-refractivity contribution is 6.46. The molecule has 8 heteroatoms. The van der Waals surface area contributed by atoms with E-state index in [2.05, 4.69) is 6.58 Å². The molecule has 2 aliphatic rings. The molecule has 2 aromatic rings. The molecule has 1 fully saturated rings. The van der Waals surface area contributed by atoms with Crippen LogP contribution in [-0.2, 0) is 9.59 Å².